The van der Waals surface area contributed by atoms with Crippen LogP contribution in [0, 0.1) is 0 Å². The highest BCUT2D eigenvalue weighted by molar-refractivity contribution is 6.07. The van der Waals surface area contributed by atoms with E-state index in [1.807, 2.05) is 23.1 Å². The first-order valence-corrected chi connectivity index (χ1v) is 6.14. The predicted molar refractivity (Wildman–Crippen MR) is 68.1 cm³/mol. The number of nitrogens with zero attached hydrogens (tertiary/aromatic N) is 1. The first kappa shape index (κ1) is 11.1. The van der Waals surface area contributed by atoms with Crippen molar-refractivity contribution >= 4 is 23.2 Å². The number of nitrogens with two attached hydrogens (primary N) is 1. The van der Waals surface area contributed by atoms with E-state index in [2.05, 4.69) is 5.32 Å². The molecular weight excluding hydrogens is 230 g/mol. The number of imide groups is 1. The van der Waals surface area contributed by atoms with Gasteiger partial charge < -0.3 is 10.6 Å². The van der Waals surface area contributed by atoms with Crippen LogP contribution in [0.2, 0.25) is 0 Å². The highest BCUT2D eigenvalue weighted by atomic mass is 16.2. The van der Waals surface area contributed by atoms with Crippen LogP contribution in [-0.2, 0) is 16.0 Å². The monoisotopic (exact) mass is 245 g/mol. The Bertz CT molecular complexity index is 527. The number of fused-ring (bicyclic) bond motifs is 1. The summed E-state index contributed by atoms with van der Waals surface area (Å²) >= 11 is 0. The van der Waals surface area contributed by atoms with Crippen molar-refractivity contribution in [3.63, 3.8) is 0 Å². The zero-order valence-electron chi connectivity index (χ0n) is 9.98. The fraction of sp³-hybridized carbons (Fsp3) is 0.385. The highest BCUT2D eigenvalue weighted by Crippen LogP contribution is 2.31. The van der Waals surface area contributed by atoms with Gasteiger partial charge >= 0.3 is 0 Å². The average Bonchev–Trinajstić information content (AvgIpc) is 2.67. The van der Waals surface area contributed by atoms with Gasteiger partial charge in [-0.05, 0) is 36.6 Å². The van der Waals surface area contributed by atoms with Gasteiger partial charge in [0.1, 0.15) is 6.04 Å². The molecule has 2 amide bonds. The van der Waals surface area contributed by atoms with Crippen molar-refractivity contribution in [2.75, 3.05) is 17.2 Å². The van der Waals surface area contributed by atoms with Crippen LogP contribution in [0.15, 0.2) is 18.2 Å². The number of nitrogens with one attached hydrogen (secondary N) is 1. The predicted octanol–water partition coefficient (Wildman–Crippen LogP) is 0.436. The summed E-state index contributed by atoms with van der Waals surface area (Å²) in [6.07, 6.45) is 2.20. The molecule has 94 valence electrons. The summed E-state index contributed by atoms with van der Waals surface area (Å²) in [4.78, 5) is 25.1. The van der Waals surface area contributed by atoms with Crippen molar-refractivity contribution in [3.05, 3.63) is 23.8 Å². The Labute approximate surface area is 105 Å². The van der Waals surface area contributed by atoms with E-state index in [9.17, 15) is 9.59 Å². The average molecular weight is 245 g/mol. The SMILES string of the molecule is Nc1ccc2c(c1)CCCN2C1CC(=O)NC1=O. The van der Waals surface area contributed by atoms with Gasteiger partial charge in [-0.1, -0.05) is 0 Å². The maximum absolute atomic E-state index is 11.8. The molecule has 1 fully saturated rings. The van der Waals surface area contributed by atoms with E-state index in [1.165, 1.54) is 0 Å². The van der Waals surface area contributed by atoms with E-state index in [4.69, 9.17) is 5.73 Å². The lowest BCUT2D eigenvalue weighted by Crippen LogP contribution is -2.43. The lowest BCUT2D eigenvalue weighted by Gasteiger charge is -2.34. The largest absolute Gasteiger partial charge is 0.399 e. The third kappa shape index (κ3) is 1.72. The van der Waals surface area contributed by atoms with E-state index in [-0.39, 0.29) is 24.3 Å². The van der Waals surface area contributed by atoms with Crippen LogP contribution >= 0.6 is 0 Å². The Morgan fingerprint density at radius 1 is 1.33 bits per heavy atom. The van der Waals surface area contributed by atoms with Crippen LogP contribution in [0.25, 0.3) is 0 Å². The molecule has 5 nitrogen and oxygen atoms in total. The number of hydrogen-bond donors (Lipinski definition) is 2. The third-order valence-corrected chi connectivity index (χ3v) is 3.58. The van der Waals surface area contributed by atoms with Gasteiger partial charge in [0.25, 0.3) is 0 Å². The summed E-state index contributed by atoms with van der Waals surface area (Å²) < 4.78 is 0. The Kier molecular flexibility index (Phi) is 2.47. The molecule has 1 aromatic rings. The normalized spacial score (nSPS) is 22.9. The zero-order chi connectivity index (χ0) is 12.7. The number of nitrogen functional groups attached to an aromatic ring is 1. The van der Waals surface area contributed by atoms with Crippen LogP contribution in [-0.4, -0.2) is 24.4 Å². The van der Waals surface area contributed by atoms with E-state index in [0.29, 0.717) is 0 Å². The van der Waals surface area contributed by atoms with Gasteiger partial charge in [-0.25, -0.2) is 0 Å². The van der Waals surface area contributed by atoms with Crippen LogP contribution in [0.4, 0.5) is 11.4 Å². The number of carbonyl (C=O) groups is 2. The second-order valence-electron chi connectivity index (χ2n) is 4.82. The minimum Gasteiger partial charge on any atom is -0.399 e. The second kappa shape index (κ2) is 4.01. The number of benzene rings is 1. The molecule has 0 spiro atoms. The van der Waals surface area contributed by atoms with Gasteiger partial charge in [0.2, 0.25) is 11.8 Å². The molecule has 1 aromatic carbocycles. The number of rotatable bonds is 1. The molecule has 3 rings (SSSR count). The van der Waals surface area contributed by atoms with Gasteiger partial charge in [0.15, 0.2) is 0 Å². The molecule has 1 saturated heterocycles. The molecule has 5 heteroatoms. The molecule has 3 N–H and O–H groups in total. The smallest absolute Gasteiger partial charge is 0.249 e. The molecule has 0 bridgehead atoms. The Hall–Kier alpha value is -2.04. The lowest BCUT2D eigenvalue weighted by atomic mass is 9.99. The van der Waals surface area contributed by atoms with Crippen molar-refractivity contribution in [1.29, 1.82) is 0 Å². The Morgan fingerprint density at radius 2 is 2.17 bits per heavy atom. The number of anilines is 2. The van der Waals surface area contributed by atoms with Gasteiger partial charge in [0.05, 0.1) is 6.42 Å². The van der Waals surface area contributed by atoms with E-state index < -0.39 is 0 Å². The standard InChI is InChI=1S/C13H15N3O2/c14-9-3-4-10-8(6-9)2-1-5-16(10)11-7-12(17)15-13(11)18/h3-4,6,11H,1-2,5,7,14H2,(H,15,17,18). The summed E-state index contributed by atoms with van der Waals surface area (Å²) in [5.41, 5.74) is 8.71. The maximum atomic E-state index is 11.8. The summed E-state index contributed by atoms with van der Waals surface area (Å²) in [6, 6.07) is 5.38. The van der Waals surface area contributed by atoms with Crippen molar-refractivity contribution < 1.29 is 9.59 Å². The molecule has 0 aliphatic carbocycles. The number of amides is 2. The summed E-state index contributed by atoms with van der Waals surface area (Å²) in [6.45, 7) is 0.808. The van der Waals surface area contributed by atoms with Crippen molar-refractivity contribution in [3.8, 4) is 0 Å². The zero-order valence-corrected chi connectivity index (χ0v) is 9.98. The summed E-state index contributed by atoms with van der Waals surface area (Å²) in [5, 5.41) is 2.36. The van der Waals surface area contributed by atoms with Crippen molar-refractivity contribution in [2.45, 2.75) is 25.3 Å². The fourth-order valence-electron chi connectivity index (χ4n) is 2.76. The Balaban J connectivity index is 1.96. The minimum atomic E-state index is -0.361. The first-order chi connectivity index (χ1) is 8.65. The quantitative estimate of drug-likeness (QED) is 0.556. The van der Waals surface area contributed by atoms with Gasteiger partial charge in [0, 0.05) is 17.9 Å². The van der Waals surface area contributed by atoms with Crippen LogP contribution in [0.3, 0.4) is 0 Å². The molecule has 1 atom stereocenters. The van der Waals surface area contributed by atoms with Gasteiger partial charge in [-0.3, -0.25) is 14.9 Å². The molecule has 2 aliphatic rings. The van der Waals surface area contributed by atoms with Crippen molar-refractivity contribution in [1.82, 2.24) is 5.32 Å². The summed E-state index contributed by atoms with van der Waals surface area (Å²) in [7, 11) is 0. The number of carbonyl (C=O) groups excluding carboxylic acids is 2. The Morgan fingerprint density at radius 3 is 2.89 bits per heavy atom. The third-order valence-electron chi connectivity index (χ3n) is 3.58. The molecule has 18 heavy (non-hydrogen) atoms. The second-order valence-corrected chi connectivity index (χ2v) is 4.82. The maximum Gasteiger partial charge on any atom is 0.249 e. The topological polar surface area (TPSA) is 75.4 Å². The number of hydrogen-bond acceptors (Lipinski definition) is 4. The molecule has 0 aromatic heterocycles. The fourth-order valence-corrected chi connectivity index (χ4v) is 2.76. The molecule has 1 unspecified atom stereocenters. The number of aryl methyl sites for hydroxylation is 1. The first-order valence-electron chi connectivity index (χ1n) is 6.14. The highest BCUT2D eigenvalue weighted by Gasteiger charge is 2.37. The molecule has 2 heterocycles. The van der Waals surface area contributed by atoms with Gasteiger partial charge in [-0.2, -0.15) is 0 Å². The van der Waals surface area contributed by atoms with E-state index in [0.717, 1.165) is 36.3 Å². The van der Waals surface area contributed by atoms with E-state index >= 15 is 0 Å². The lowest BCUT2D eigenvalue weighted by molar-refractivity contribution is -0.125. The molecule has 2 aliphatic heterocycles. The summed E-state index contributed by atoms with van der Waals surface area (Å²) in [5.74, 6) is -0.378. The van der Waals surface area contributed by atoms with E-state index in [1.54, 1.807) is 0 Å². The molecule has 0 saturated carbocycles. The molecule has 0 radical (unpaired) electrons. The molecular formula is C13H15N3O2. The van der Waals surface area contributed by atoms with Gasteiger partial charge in [-0.15, -0.1) is 0 Å². The minimum absolute atomic E-state index is 0.187. The van der Waals surface area contributed by atoms with Crippen LogP contribution in [0.5, 0.6) is 0 Å². The van der Waals surface area contributed by atoms with Crippen molar-refractivity contribution in [2.24, 2.45) is 0 Å². The van der Waals surface area contributed by atoms with Crippen LogP contribution < -0.4 is 16.0 Å². The van der Waals surface area contributed by atoms with Crippen LogP contribution in [0.1, 0.15) is 18.4 Å².